The summed E-state index contributed by atoms with van der Waals surface area (Å²) >= 11 is 12.8. The number of anilines is 1. The van der Waals surface area contributed by atoms with E-state index in [1.165, 1.54) is 37.3 Å². The third-order valence-corrected chi connectivity index (χ3v) is 10.0. The van der Waals surface area contributed by atoms with Crippen molar-refractivity contribution in [3.05, 3.63) is 118 Å². The molecule has 0 fully saturated rings. The predicted octanol–water partition coefficient (Wildman–Crippen LogP) is 7.07. The fourth-order valence-electron chi connectivity index (χ4n) is 5.18. The van der Waals surface area contributed by atoms with Crippen molar-refractivity contribution in [3.63, 3.8) is 0 Å². The van der Waals surface area contributed by atoms with E-state index >= 15 is 0 Å². The van der Waals surface area contributed by atoms with Crippen molar-refractivity contribution in [1.82, 2.24) is 10.2 Å². The van der Waals surface area contributed by atoms with Crippen molar-refractivity contribution in [2.24, 2.45) is 0 Å². The van der Waals surface area contributed by atoms with E-state index in [0.29, 0.717) is 21.4 Å². The number of benzene rings is 4. The molecular weight excluding hydrogens is 685 g/mol. The molecule has 0 bridgehead atoms. The summed E-state index contributed by atoms with van der Waals surface area (Å²) in [5.74, 6) is -0.473. The standard InChI is InChI=1S/C37H41Cl2N3O6S/c1-25-12-16-29(17-13-25)42(49(45,46)30-18-19-33(47-5)34(22-30)48-6)24-35(43)41(23-27-14-15-28(38)21-31(27)39)32(36(44)40-37(2,3)4)20-26-10-8-7-9-11-26/h7-19,21-22,32H,20,23-24H2,1-6H3,(H,40,44)/t32-/m1/s1. The molecule has 49 heavy (non-hydrogen) atoms. The van der Waals surface area contributed by atoms with Crippen LogP contribution in [0.2, 0.25) is 10.0 Å². The van der Waals surface area contributed by atoms with Crippen LogP contribution in [-0.2, 0) is 32.6 Å². The molecule has 12 heteroatoms. The first kappa shape index (κ1) is 37.6. The van der Waals surface area contributed by atoms with Gasteiger partial charge in [0.25, 0.3) is 10.0 Å². The van der Waals surface area contributed by atoms with Crippen molar-refractivity contribution < 1.29 is 27.5 Å². The number of nitrogens with zero attached hydrogens (tertiary/aromatic N) is 2. The molecular formula is C37H41Cl2N3O6S. The Balaban J connectivity index is 1.86. The van der Waals surface area contributed by atoms with Gasteiger partial charge in [-0.1, -0.05) is 77.3 Å². The van der Waals surface area contributed by atoms with Crippen LogP contribution in [0, 0.1) is 6.92 Å². The Hall–Kier alpha value is -4.25. The summed E-state index contributed by atoms with van der Waals surface area (Å²) < 4.78 is 40.6. The van der Waals surface area contributed by atoms with E-state index in [-0.39, 0.29) is 29.3 Å². The lowest BCUT2D eigenvalue weighted by Gasteiger charge is -2.35. The molecule has 4 rings (SSSR count). The number of hydrogen-bond donors (Lipinski definition) is 1. The second-order valence-electron chi connectivity index (χ2n) is 12.6. The first-order chi connectivity index (χ1) is 23.1. The summed E-state index contributed by atoms with van der Waals surface area (Å²) in [7, 11) is -1.51. The largest absolute Gasteiger partial charge is 0.493 e. The highest BCUT2D eigenvalue weighted by Gasteiger charge is 2.36. The topological polar surface area (TPSA) is 105 Å². The third kappa shape index (κ3) is 9.68. The fraction of sp³-hybridized carbons (Fsp3) is 0.297. The van der Waals surface area contributed by atoms with Crippen LogP contribution in [0.15, 0.2) is 95.9 Å². The first-order valence-corrected chi connectivity index (χ1v) is 17.7. The molecule has 0 aliphatic heterocycles. The Morgan fingerprint density at radius 2 is 1.51 bits per heavy atom. The molecule has 4 aromatic rings. The zero-order valence-corrected chi connectivity index (χ0v) is 30.7. The average molecular weight is 727 g/mol. The molecule has 0 spiro atoms. The highest BCUT2D eigenvalue weighted by Crippen LogP contribution is 2.33. The first-order valence-electron chi connectivity index (χ1n) is 15.5. The van der Waals surface area contributed by atoms with Gasteiger partial charge in [0.15, 0.2) is 11.5 Å². The third-order valence-electron chi connectivity index (χ3n) is 7.67. The molecule has 0 saturated heterocycles. The number of methoxy groups -OCH3 is 2. The molecule has 9 nitrogen and oxygen atoms in total. The summed E-state index contributed by atoms with van der Waals surface area (Å²) in [6, 6.07) is 24.2. The van der Waals surface area contributed by atoms with E-state index in [4.69, 9.17) is 32.7 Å². The highest BCUT2D eigenvalue weighted by atomic mass is 35.5. The number of amides is 2. The molecule has 0 aliphatic carbocycles. The monoisotopic (exact) mass is 725 g/mol. The lowest BCUT2D eigenvalue weighted by Crippen LogP contribution is -2.56. The van der Waals surface area contributed by atoms with Gasteiger partial charge in [-0.15, -0.1) is 0 Å². The number of rotatable bonds is 13. The number of carbonyl (C=O) groups is 2. The molecule has 1 atom stereocenters. The lowest BCUT2D eigenvalue weighted by molar-refractivity contribution is -0.140. The van der Waals surface area contributed by atoms with Gasteiger partial charge in [0.1, 0.15) is 12.6 Å². The molecule has 2 amide bonds. The molecule has 0 aromatic heterocycles. The number of hydrogen-bond acceptors (Lipinski definition) is 6. The Kier molecular flexibility index (Phi) is 12.2. The summed E-state index contributed by atoms with van der Waals surface area (Å²) in [6.45, 7) is 6.70. The number of sulfonamides is 1. The van der Waals surface area contributed by atoms with E-state index in [2.05, 4.69) is 5.32 Å². The molecule has 4 aromatic carbocycles. The van der Waals surface area contributed by atoms with E-state index in [9.17, 15) is 18.0 Å². The number of nitrogens with one attached hydrogen (secondary N) is 1. The maximum absolute atomic E-state index is 14.7. The van der Waals surface area contributed by atoms with Crippen molar-refractivity contribution in [2.75, 3.05) is 25.1 Å². The second-order valence-corrected chi connectivity index (χ2v) is 15.3. The number of aryl methyl sites for hydroxylation is 1. The van der Waals surface area contributed by atoms with Gasteiger partial charge < -0.3 is 19.7 Å². The lowest BCUT2D eigenvalue weighted by atomic mass is 10.0. The van der Waals surface area contributed by atoms with Crippen LogP contribution >= 0.6 is 23.2 Å². The van der Waals surface area contributed by atoms with Crippen LogP contribution in [-0.4, -0.2) is 57.5 Å². The van der Waals surface area contributed by atoms with Gasteiger partial charge in [0, 0.05) is 34.6 Å². The van der Waals surface area contributed by atoms with Crippen LogP contribution in [0.25, 0.3) is 0 Å². The van der Waals surface area contributed by atoms with Crippen molar-refractivity contribution in [3.8, 4) is 11.5 Å². The van der Waals surface area contributed by atoms with Crippen LogP contribution in [0.5, 0.6) is 11.5 Å². The molecule has 0 radical (unpaired) electrons. The van der Waals surface area contributed by atoms with Crippen molar-refractivity contribution in [2.45, 2.75) is 57.1 Å². The molecule has 0 unspecified atom stereocenters. The molecule has 260 valence electrons. The van der Waals surface area contributed by atoms with Crippen molar-refractivity contribution in [1.29, 1.82) is 0 Å². The minimum Gasteiger partial charge on any atom is -0.493 e. The summed E-state index contributed by atoms with van der Waals surface area (Å²) in [4.78, 5) is 30.0. The van der Waals surface area contributed by atoms with E-state index in [1.807, 2.05) is 58.0 Å². The van der Waals surface area contributed by atoms with Gasteiger partial charge in [0.2, 0.25) is 11.8 Å². The van der Waals surface area contributed by atoms with Crippen LogP contribution in [0.3, 0.4) is 0 Å². The van der Waals surface area contributed by atoms with E-state index < -0.39 is 40.0 Å². The minimum atomic E-state index is -4.37. The van der Waals surface area contributed by atoms with E-state index in [0.717, 1.165) is 15.4 Å². The normalized spacial score (nSPS) is 12.2. The minimum absolute atomic E-state index is 0.0952. The number of halogens is 2. The summed E-state index contributed by atoms with van der Waals surface area (Å²) in [5, 5.41) is 3.72. The Labute approximate surface area is 298 Å². The summed E-state index contributed by atoms with van der Waals surface area (Å²) in [5.41, 5.74) is 1.88. The van der Waals surface area contributed by atoms with Crippen molar-refractivity contribution >= 4 is 50.7 Å². The van der Waals surface area contributed by atoms with Gasteiger partial charge in [-0.3, -0.25) is 13.9 Å². The molecule has 1 N–H and O–H groups in total. The van der Waals surface area contributed by atoms with E-state index in [1.54, 1.807) is 42.5 Å². The average Bonchev–Trinajstić information content (AvgIpc) is 3.05. The van der Waals surface area contributed by atoms with Crippen LogP contribution < -0.4 is 19.1 Å². The summed E-state index contributed by atoms with van der Waals surface area (Å²) in [6.07, 6.45) is 0.159. The second kappa shape index (κ2) is 16.0. The quantitative estimate of drug-likeness (QED) is 0.158. The Morgan fingerprint density at radius 3 is 2.10 bits per heavy atom. The van der Waals surface area contributed by atoms with Gasteiger partial charge in [-0.05, 0) is 75.2 Å². The van der Waals surface area contributed by atoms with Crippen LogP contribution in [0.1, 0.15) is 37.5 Å². The smallest absolute Gasteiger partial charge is 0.264 e. The highest BCUT2D eigenvalue weighted by molar-refractivity contribution is 7.92. The number of carbonyl (C=O) groups excluding carboxylic acids is 2. The van der Waals surface area contributed by atoms with Gasteiger partial charge in [-0.25, -0.2) is 8.42 Å². The maximum Gasteiger partial charge on any atom is 0.264 e. The molecule has 0 saturated carbocycles. The zero-order valence-electron chi connectivity index (χ0n) is 28.4. The van der Waals surface area contributed by atoms with Gasteiger partial charge >= 0.3 is 0 Å². The van der Waals surface area contributed by atoms with Gasteiger partial charge in [0.05, 0.1) is 24.8 Å². The Morgan fingerprint density at radius 1 is 0.857 bits per heavy atom. The Bertz CT molecular complexity index is 1880. The zero-order chi connectivity index (χ0) is 35.9. The van der Waals surface area contributed by atoms with Gasteiger partial charge in [-0.2, -0.15) is 0 Å². The molecule has 0 heterocycles. The SMILES string of the molecule is COc1ccc(S(=O)(=O)N(CC(=O)N(Cc2ccc(Cl)cc2Cl)[C@H](Cc2ccccc2)C(=O)NC(C)(C)C)c2ccc(C)cc2)cc1OC. The molecule has 0 aliphatic rings. The predicted molar refractivity (Wildman–Crippen MR) is 194 cm³/mol. The maximum atomic E-state index is 14.7. The number of ether oxygens (including phenoxy) is 2. The van der Waals surface area contributed by atoms with Crippen LogP contribution in [0.4, 0.5) is 5.69 Å². The fourth-order valence-corrected chi connectivity index (χ4v) is 7.08.